The fourth-order valence-corrected chi connectivity index (χ4v) is 9.41. The number of aromatic nitrogens is 3. The molecule has 0 amide bonds. The van der Waals surface area contributed by atoms with Crippen LogP contribution in [0.25, 0.3) is 86.5 Å². The Morgan fingerprint density at radius 2 is 0.681 bits per heavy atom. The first kappa shape index (κ1) is 27.6. The molecule has 7 aromatic carbocycles. The summed E-state index contributed by atoms with van der Waals surface area (Å²) in [5.41, 5.74) is 8.07. The van der Waals surface area contributed by atoms with Gasteiger partial charge in [0, 0.05) is 0 Å². The Balaban J connectivity index is 1.25. The molecule has 3 nitrogen and oxygen atoms in total. The van der Waals surface area contributed by atoms with Crippen molar-refractivity contribution in [3.8, 4) is 56.4 Å². The molecule has 0 saturated carbocycles. The van der Waals surface area contributed by atoms with Crippen LogP contribution in [0.5, 0.6) is 0 Å². The van der Waals surface area contributed by atoms with Gasteiger partial charge in [-0.2, -0.15) is 0 Å². The SMILES string of the molecule is c1ccc(-c2nc(-c3ccccc3)nc(-c3cccc4c(-c5cccc6c5[se]c5c(-c7ccccc7)cccc56)cccc34)n2)cc1. The molecule has 0 bridgehead atoms. The van der Waals surface area contributed by atoms with E-state index in [1.54, 1.807) is 0 Å². The molecule has 0 aliphatic heterocycles. The molecule has 0 radical (unpaired) electrons. The van der Waals surface area contributed by atoms with Crippen LogP contribution in [0.15, 0.2) is 164 Å². The normalized spacial score (nSPS) is 11.4. The zero-order valence-electron chi connectivity index (χ0n) is 25.3. The van der Waals surface area contributed by atoms with Crippen LogP contribution in [0.2, 0.25) is 0 Å². The van der Waals surface area contributed by atoms with Crippen molar-refractivity contribution in [2.45, 2.75) is 0 Å². The third-order valence-corrected chi connectivity index (χ3v) is 11.5. The summed E-state index contributed by atoms with van der Waals surface area (Å²) in [4.78, 5) is 15.0. The first-order valence-electron chi connectivity index (χ1n) is 15.7. The van der Waals surface area contributed by atoms with Gasteiger partial charge < -0.3 is 0 Å². The maximum absolute atomic E-state index is 5.06. The van der Waals surface area contributed by atoms with Gasteiger partial charge in [-0.05, 0) is 0 Å². The molecule has 9 aromatic rings. The van der Waals surface area contributed by atoms with Crippen LogP contribution >= 0.6 is 0 Å². The molecule has 9 rings (SSSR count). The number of hydrogen-bond donors (Lipinski definition) is 0. The molecule has 0 N–H and O–H groups in total. The van der Waals surface area contributed by atoms with Gasteiger partial charge in [-0.25, -0.2) is 0 Å². The van der Waals surface area contributed by atoms with Crippen LogP contribution < -0.4 is 0 Å². The summed E-state index contributed by atoms with van der Waals surface area (Å²) in [7, 11) is 0. The molecule has 0 fully saturated rings. The first-order chi connectivity index (χ1) is 23.3. The van der Waals surface area contributed by atoms with Gasteiger partial charge in [-0.3, -0.25) is 0 Å². The van der Waals surface area contributed by atoms with Gasteiger partial charge >= 0.3 is 268 Å². The Hall–Kier alpha value is -5.67. The first-order valence-corrected chi connectivity index (χ1v) is 17.4. The van der Waals surface area contributed by atoms with Gasteiger partial charge in [0.25, 0.3) is 0 Å². The summed E-state index contributed by atoms with van der Waals surface area (Å²) < 4.78 is 2.90. The Bertz CT molecular complexity index is 2500. The van der Waals surface area contributed by atoms with Gasteiger partial charge in [-0.1, -0.05) is 12.1 Å². The van der Waals surface area contributed by atoms with Crippen LogP contribution in [0.4, 0.5) is 0 Å². The molecular formula is C43H27N3Se. The molecule has 4 heteroatoms. The van der Waals surface area contributed by atoms with Crippen LogP contribution in [-0.2, 0) is 0 Å². The number of benzene rings is 7. The van der Waals surface area contributed by atoms with Crippen molar-refractivity contribution in [2.24, 2.45) is 0 Å². The molecule has 0 spiro atoms. The average Bonchev–Trinajstić information content (AvgIpc) is 3.55. The molecular weight excluding hydrogens is 637 g/mol. The van der Waals surface area contributed by atoms with Crippen molar-refractivity contribution >= 4 is 44.6 Å². The monoisotopic (exact) mass is 665 g/mol. The van der Waals surface area contributed by atoms with Crippen LogP contribution in [-0.4, -0.2) is 29.5 Å². The van der Waals surface area contributed by atoms with Gasteiger partial charge in [-0.15, -0.1) is 0 Å². The van der Waals surface area contributed by atoms with Crippen LogP contribution in [0, 0.1) is 0 Å². The van der Waals surface area contributed by atoms with Gasteiger partial charge in [0.1, 0.15) is 0 Å². The molecule has 0 atom stereocenters. The number of hydrogen-bond acceptors (Lipinski definition) is 3. The predicted octanol–water partition coefficient (Wildman–Crippen LogP) is 10.7. The Labute approximate surface area is 278 Å². The molecule has 2 aromatic heterocycles. The maximum atomic E-state index is 5.06. The summed E-state index contributed by atoms with van der Waals surface area (Å²) in [5.74, 6) is 2.00. The summed E-state index contributed by atoms with van der Waals surface area (Å²) in [6, 6.07) is 57.7. The van der Waals surface area contributed by atoms with Crippen LogP contribution in [0.3, 0.4) is 0 Å². The minimum absolute atomic E-state index is 0.164. The van der Waals surface area contributed by atoms with E-state index in [9.17, 15) is 0 Å². The van der Waals surface area contributed by atoms with Crippen molar-refractivity contribution < 1.29 is 0 Å². The van der Waals surface area contributed by atoms with Gasteiger partial charge in [0.15, 0.2) is 0 Å². The minimum atomic E-state index is 0.164. The van der Waals surface area contributed by atoms with E-state index in [0.29, 0.717) is 17.5 Å². The Morgan fingerprint density at radius 1 is 0.277 bits per heavy atom. The van der Waals surface area contributed by atoms with Crippen molar-refractivity contribution in [2.75, 3.05) is 0 Å². The molecule has 0 unspecified atom stereocenters. The summed E-state index contributed by atoms with van der Waals surface area (Å²) in [6.07, 6.45) is 0. The number of rotatable bonds is 5. The predicted molar refractivity (Wildman–Crippen MR) is 196 cm³/mol. The molecule has 0 saturated heterocycles. The number of fused-ring (bicyclic) bond motifs is 4. The third kappa shape index (κ3) is 4.87. The standard InChI is InChI=1S/C43H27N3Se/c1-4-14-28(15-5-1)31-20-10-25-36-37-26-13-24-35(40(37)47-39(31)36)33-22-11-23-34-32(33)21-12-27-38(34)43-45-41(29-16-6-2-7-17-29)44-42(46-43)30-18-8-3-9-19-30/h1-27H. The fraction of sp³-hybridized carbons (Fsp3) is 0. The second-order valence-corrected chi connectivity index (χ2v) is 13.7. The number of nitrogens with zero attached hydrogens (tertiary/aromatic N) is 3. The van der Waals surface area contributed by atoms with Crippen molar-refractivity contribution in [1.29, 1.82) is 0 Å². The van der Waals surface area contributed by atoms with E-state index < -0.39 is 0 Å². The van der Waals surface area contributed by atoms with E-state index in [-0.39, 0.29) is 14.5 Å². The molecule has 2 heterocycles. The van der Waals surface area contributed by atoms with Crippen molar-refractivity contribution in [3.63, 3.8) is 0 Å². The molecule has 0 aliphatic rings. The van der Waals surface area contributed by atoms with Crippen LogP contribution in [0.1, 0.15) is 0 Å². The summed E-state index contributed by atoms with van der Waals surface area (Å²) in [6.45, 7) is 0. The average molecular weight is 665 g/mol. The molecule has 47 heavy (non-hydrogen) atoms. The zero-order chi connectivity index (χ0) is 31.2. The van der Waals surface area contributed by atoms with E-state index in [0.717, 1.165) is 22.1 Å². The third-order valence-electron chi connectivity index (χ3n) is 8.76. The molecule has 0 aliphatic carbocycles. The van der Waals surface area contributed by atoms with E-state index in [1.807, 2.05) is 60.7 Å². The van der Waals surface area contributed by atoms with E-state index in [1.165, 1.54) is 46.9 Å². The summed E-state index contributed by atoms with van der Waals surface area (Å²) >= 11 is 0.164. The Morgan fingerprint density at radius 3 is 1.26 bits per heavy atom. The Kier molecular flexibility index (Phi) is 6.82. The second-order valence-electron chi connectivity index (χ2n) is 11.6. The fourth-order valence-electron chi connectivity index (χ4n) is 6.55. The van der Waals surface area contributed by atoms with E-state index in [2.05, 4.69) is 103 Å². The van der Waals surface area contributed by atoms with Gasteiger partial charge in [0.2, 0.25) is 0 Å². The van der Waals surface area contributed by atoms with Crippen molar-refractivity contribution in [3.05, 3.63) is 164 Å². The summed E-state index contributed by atoms with van der Waals surface area (Å²) in [5, 5.41) is 5.02. The van der Waals surface area contributed by atoms with Crippen molar-refractivity contribution in [1.82, 2.24) is 15.0 Å². The van der Waals surface area contributed by atoms with E-state index in [4.69, 9.17) is 15.0 Å². The topological polar surface area (TPSA) is 38.7 Å². The molecule has 220 valence electrons. The second kappa shape index (κ2) is 11.6. The zero-order valence-corrected chi connectivity index (χ0v) is 27.1. The van der Waals surface area contributed by atoms with E-state index >= 15 is 0 Å². The van der Waals surface area contributed by atoms with Gasteiger partial charge in [0.05, 0.1) is 0 Å². The quantitative estimate of drug-likeness (QED) is 0.172.